The molecule has 0 saturated carbocycles. The molecule has 0 unspecified atom stereocenters. The van der Waals surface area contributed by atoms with Gasteiger partial charge in [-0.25, -0.2) is 5.43 Å². The summed E-state index contributed by atoms with van der Waals surface area (Å²) in [5.74, 6) is 1.22. The molecule has 0 heterocycles. The van der Waals surface area contributed by atoms with Crippen molar-refractivity contribution in [1.29, 1.82) is 0 Å². The van der Waals surface area contributed by atoms with E-state index in [-0.39, 0.29) is 5.91 Å². The van der Waals surface area contributed by atoms with E-state index in [4.69, 9.17) is 9.47 Å². The van der Waals surface area contributed by atoms with Crippen molar-refractivity contribution in [3.63, 3.8) is 0 Å². The number of carbonyl (C=O) groups excluding carboxylic acids is 1. The quantitative estimate of drug-likeness (QED) is 0.771. The number of rotatable bonds is 7. The monoisotopic (exact) mass is 300 g/mol. The van der Waals surface area contributed by atoms with E-state index in [0.717, 1.165) is 11.1 Å². The molecule has 0 aliphatic rings. The van der Waals surface area contributed by atoms with Gasteiger partial charge in [0.1, 0.15) is 6.61 Å². The molecule has 5 heteroatoms. The fraction of sp³-hybridized carbons (Fsp3) is 0.235. The van der Waals surface area contributed by atoms with Gasteiger partial charge in [0.15, 0.2) is 11.5 Å². The molecule has 0 bridgehead atoms. The molecule has 2 aromatic rings. The van der Waals surface area contributed by atoms with Gasteiger partial charge in [0.05, 0.1) is 7.11 Å². The zero-order valence-corrected chi connectivity index (χ0v) is 12.8. The molecule has 0 aliphatic carbocycles. The summed E-state index contributed by atoms with van der Waals surface area (Å²) in [6, 6.07) is 15.6. The van der Waals surface area contributed by atoms with Gasteiger partial charge in [-0.05, 0) is 23.3 Å². The van der Waals surface area contributed by atoms with Gasteiger partial charge < -0.3 is 9.47 Å². The van der Waals surface area contributed by atoms with E-state index in [1.165, 1.54) is 6.92 Å². The zero-order valence-electron chi connectivity index (χ0n) is 12.8. The molecule has 0 spiro atoms. The van der Waals surface area contributed by atoms with Crippen molar-refractivity contribution < 1.29 is 14.3 Å². The minimum atomic E-state index is -0.130. The Morgan fingerprint density at radius 1 is 1.05 bits per heavy atom. The maximum absolute atomic E-state index is 10.8. The number of amides is 1. The van der Waals surface area contributed by atoms with Crippen molar-refractivity contribution in [3.8, 4) is 11.5 Å². The van der Waals surface area contributed by atoms with Crippen molar-refractivity contribution >= 4 is 5.91 Å². The first-order valence-corrected chi connectivity index (χ1v) is 7.02. The van der Waals surface area contributed by atoms with Gasteiger partial charge in [-0.15, -0.1) is 0 Å². The van der Waals surface area contributed by atoms with Crippen molar-refractivity contribution in [1.82, 2.24) is 10.9 Å². The van der Waals surface area contributed by atoms with Crippen LogP contribution in [0.2, 0.25) is 0 Å². The lowest BCUT2D eigenvalue weighted by atomic mass is 10.2. The Bertz CT molecular complexity index is 615. The topological polar surface area (TPSA) is 59.6 Å². The van der Waals surface area contributed by atoms with Crippen LogP contribution in [-0.4, -0.2) is 13.0 Å². The van der Waals surface area contributed by atoms with Crippen molar-refractivity contribution in [3.05, 3.63) is 59.7 Å². The van der Waals surface area contributed by atoms with Gasteiger partial charge >= 0.3 is 0 Å². The maximum Gasteiger partial charge on any atom is 0.230 e. The van der Waals surface area contributed by atoms with Gasteiger partial charge in [0.2, 0.25) is 5.91 Å². The Hall–Kier alpha value is -2.53. The fourth-order valence-electron chi connectivity index (χ4n) is 1.95. The summed E-state index contributed by atoms with van der Waals surface area (Å²) in [4.78, 5) is 10.8. The van der Waals surface area contributed by atoms with Crippen LogP contribution >= 0.6 is 0 Å². The van der Waals surface area contributed by atoms with Gasteiger partial charge in [0, 0.05) is 13.5 Å². The Kier molecular flexibility index (Phi) is 5.80. The second-order valence-electron chi connectivity index (χ2n) is 4.79. The van der Waals surface area contributed by atoms with Gasteiger partial charge in [-0.3, -0.25) is 10.2 Å². The van der Waals surface area contributed by atoms with Gasteiger partial charge in [-0.2, -0.15) is 0 Å². The van der Waals surface area contributed by atoms with Gasteiger partial charge in [0.25, 0.3) is 0 Å². The molecule has 0 aromatic heterocycles. The molecule has 2 rings (SSSR count). The molecule has 0 aliphatic heterocycles. The first kappa shape index (κ1) is 15.9. The number of methoxy groups -OCH3 is 1. The SMILES string of the molecule is COc1cc(CNNC(C)=O)ccc1OCc1ccccc1. The molecule has 1 amide bonds. The number of nitrogens with one attached hydrogen (secondary N) is 2. The summed E-state index contributed by atoms with van der Waals surface area (Å²) >= 11 is 0. The smallest absolute Gasteiger partial charge is 0.230 e. The average molecular weight is 300 g/mol. The molecular weight excluding hydrogens is 280 g/mol. The molecular formula is C17H20N2O3. The Morgan fingerprint density at radius 3 is 2.50 bits per heavy atom. The predicted molar refractivity (Wildman–Crippen MR) is 84.4 cm³/mol. The van der Waals surface area contributed by atoms with Crippen LogP contribution < -0.4 is 20.3 Å². The number of hydrogen-bond donors (Lipinski definition) is 2. The van der Waals surface area contributed by atoms with E-state index < -0.39 is 0 Å². The number of hydrazine groups is 1. The number of benzene rings is 2. The summed E-state index contributed by atoms with van der Waals surface area (Å²) in [6.07, 6.45) is 0. The van der Waals surface area contributed by atoms with E-state index in [1.54, 1.807) is 7.11 Å². The summed E-state index contributed by atoms with van der Waals surface area (Å²) in [5, 5.41) is 0. The van der Waals surface area contributed by atoms with Crippen LogP contribution in [-0.2, 0) is 17.9 Å². The molecule has 5 nitrogen and oxygen atoms in total. The van der Waals surface area contributed by atoms with Crippen LogP contribution in [0, 0.1) is 0 Å². The third-order valence-corrected chi connectivity index (χ3v) is 3.02. The molecule has 2 aromatic carbocycles. The lowest BCUT2D eigenvalue weighted by Crippen LogP contribution is -2.34. The highest BCUT2D eigenvalue weighted by atomic mass is 16.5. The highest BCUT2D eigenvalue weighted by Crippen LogP contribution is 2.28. The number of carbonyl (C=O) groups is 1. The third-order valence-electron chi connectivity index (χ3n) is 3.02. The first-order valence-electron chi connectivity index (χ1n) is 7.02. The van der Waals surface area contributed by atoms with E-state index in [2.05, 4.69) is 10.9 Å². The summed E-state index contributed by atoms with van der Waals surface area (Å²) in [5.41, 5.74) is 7.45. The fourth-order valence-corrected chi connectivity index (χ4v) is 1.95. The predicted octanol–water partition coefficient (Wildman–Crippen LogP) is 2.41. The van der Waals surface area contributed by atoms with Crippen LogP contribution in [0.5, 0.6) is 11.5 Å². The average Bonchev–Trinajstić information content (AvgIpc) is 2.54. The Balaban J connectivity index is 1.98. The lowest BCUT2D eigenvalue weighted by Gasteiger charge is -2.13. The third kappa shape index (κ3) is 4.79. The molecule has 0 saturated heterocycles. The summed E-state index contributed by atoms with van der Waals surface area (Å²) in [6.45, 7) is 2.45. The second-order valence-corrected chi connectivity index (χ2v) is 4.79. The van der Waals surface area contributed by atoms with Crippen molar-refractivity contribution in [2.75, 3.05) is 7.11 Å². The zero-order chi connectivity index (χ0) is 15.8. The lowest BCUT2D eigenvalue weighted by molar-refractivity contribution is -0.119. The summed E-state index contributed by atoms with van der Waals surface area (Å²) < 4.78 is 11.2. The van der Waals surface area contributed by atoms with Crippen LogP contribution in [0.15, 0.2) is 48.5 Å². The molecule has 0 fully saturated rings. The molecule has 2 N–H and O–H groups in total. The standard InChI is InChI=1S/C17H20N2O3/c1-13(20)19-18-11-15-8-9-16(17(10-15)21-2)22-12-14-6-4-3-5-7-14/h3-10,18H,11-12H2,1-2H3,(H,19,20). The Morgan fingerprint density at radius 2 is 1.82 bits per heavy atom. The highest BCUT2D eigenvalue weighted by Gasteiger charge is 2.06. The molecule has 0 atom stereocenters. The molecule has 22 heavy (non-hydrogen) atoms. The van der Waals surface area contributed by atoms with Crippen LogP contribution in [0.3, 0.4) is 0 Å². The van der Waals surface area contributed by atoms with E-state index in [9.17, 15) is 4.79 Å². The van der Waals surface area contributed by atoms with E-state index in [0.29, 0.717) is 24.7 Å². The van der Waals surface area contributed by atoms with Crippen molar-refractivity contribution in [2.45, 2.75) is 20.1 Å². The normalized spacial score (nSPS) is 10.1. The van der Waals surface area contributed by atoms with E-state index >= 15 is 0 Å². The highest BCUT2D eigenvalue weighted by molar-refractivity contribution is 5.72. The van der Waals surface area contributed by atoms with Crippen molar-refractivity contribution in [2.24, 2.45) is 0 Å². The summed E-state index contributed by atoms with van der Waals surface area (Å²) in [7, 11) is 1.61. The minimum Gasteiger partial charge on any atom is -0.493 e. The Labute approximate surface area is 130 Å². The van der Waals surface area contributed by atoms with Crippen LogP contribution in [0.1, 0.15) is 18.1 Å². The molecule has 0 radical (unpaired) electrons. The first-order chi connectivity index (χ1) is 10.7. The maximum atomic E-state index is 10.8. The number of ether oxygens (including phenoxy) is 2. The minimum absolute atomic E-state index is 0.130. The van der Waals surface area contributed by atoms with Gasteiger partial charge in [-0.1, -0.05) is 36.4 Å². The second kappa shape index (κ2) is 8.05. The largest absolute Gasteiger partial charge is 0.493 e. The number of hydrogen-bond acceptors (Lipinski definition) is 4. The van der Waals surface area contributed by atoms with Crippen LogP contribution in [0.25, 0.3) is 0 Å². The van der Waals surface area contributed by atoms with E-state index in [1.807, 2.05) is 48.5 Å². The molecule has 116 valence electrons. The van der Waals surface area contributed by atoms with Crippen LogP contribution in [0.4, 0.5) is 0 Å².